The number of ketones is 1. The number of hydrogen-bond acceptors (Lipinski definition) is 17. The lowest BCUT2D eigenvalue weighted by Crippen LogP contribution is -2.57. The second-order valence-electron chi connectivity index (χ2n) is 6.99. The molecule has 22 nitrogen and oxygen atoms in total. The summed E-state index contributed by atoms with van der Waals surface area (Å²) in [4.78, 5) is 66.4. The summed E-state index contributed by atoms with van der Waals surface area (Å²) in [5.74, 6) is -4.40. The van der Waals surface area contributed by atoms with Crippen LogP contribution in [0.15, 0.2) is 0 Å². The molecule has 2 unspecified atom stereocenters. The van der Waals surface area contributed by atoms with Crippen molar-refractivity contribution < 1.29 is 107 Å². The monoisotopic (exact) mass is 614 g/mol. The van der Waals surface area contributed by atoms with Gasteiger partial charge in [-0.3, -0.25) is 14.2 Å². The minimum Gasteiger partial charge on any atom is -0.388 e. The van der Waals surface area contributed by atoms with Gasteiger partial charge in [0.1, 0.15) is 48.8 Å². The molecule has 0 bridgehead atoms. The topological polar surface area (TPSA) is 396 Å². The third kappa shape index (κ3) is 12.3. The molecule has 14 N–H and O–H groups in total. The Kier molecular flexibility index (Phi) is 13.7. The van der Waals surface area contributed by atoms with Crippen molar-refractivity contribution in [2.75, 3.05) is 6.61 Å². The van der Waals surface area contributed by atoms with Crippen molar-refractivity contribution in [3.8, 4) is 0 Å². The maximum Gasteiger partial charge on any atom is 0.538 e. The Morgan fingerprint density at radius 3 is 1.41 bits per heavy atom. The van der Waals surface area contributed by atoms with Crippen LogP contribution in [0.4, 0.5) is 0 Å². The number of rotatable bonds is 16. The van der Waals surface area contributed by atoms with E-state index < -0.39 is 96.8 Å². The Hall–Kier alpha value is -0.810. The maximum atomic E-state index is 12.0. The second kappa shape index (κ2) is 14.0. The standard InChI is InChI=1S/C12H25O22P3/c13-2(1-32-35(24,25)26)3(14)4(15)5(16)6(17)7(18)8(19)9(20)10(21)11(22)12(23)33-37(30,31)34-36(27,28)29/h2-5,7-11,13-16,18-22H,1H2,(H,30,31)(H2,24,25,26)(H2,27,28,29)/t2-,3-,4+,5-,7?,8-,9-,10+,11-/m1/s1. The average Bonchev–Trinajstić information content (AvgIpc) is 2.75. The van der Waals surface area contributed by atoms with Gasteiger partial charge in [0.05, 0.1) is 6.61 Å². The molecule has 37 heavy (non-hydrogen) atoms. The Bertz CT molecular complexity index is 913. The van der Waals surface area contributed by atoms with Gasteiger partial charge in [-0.15, -0.1) is 0 Å². The smallest absolute Gasteiger partial charge is 0.388 e. The summed E-state index contributed by atoms with van der Waals surface area (Å²) in [7, 11) is -16.8. The van der Waals surface area contributed by atoms with E-state index in [1.807, 2.05) is 0 Å². The first-order chi connectivity index (χ1) is 16.4. The lowest BCUT2D eigenvalue weighted by Gasteiger charge is -2.30. The quantitative estimate of drug-likeness (QED) is 0.0718. The summed E-state index contributed by atoms with van der Waals surface area (Å²) in [5.41, 5.74) is 0. The fourth-order valence-electron chi connectivity index (χ4n) is 2.23. The van der Waals surface area contributed by atoms with Crippen LogP contribution >= 0.6 is 23.5 Å². The number of hydrogen-bond donors (Lipinski definition) is 14. The van der Waals surface area contributed by atoms with Gasteiger partial charge in [-0.2, -0.15) is 4.31 Å². The van der Waals surface area contributed by atoms with Gasteiger partial charge in [0.2, 0.25) is 0 Å². The Morgan fingerprint density at radius 1 is 0.595 bits per heavy atom. The third-order valence-corrected chi connectivity index (χ3v) is 6.64. The molecule has 0 radical (unpaired) electrons. The largest absolute Gasteiger partial charge is 0.538 e. The van der Waals surface area contributed by atoms with E-state index in [-0.39, 0.29) is 0 Å². The second-order valence-corrected chi connectivity index (χ2v) is 11.0. The average molecular weight is 614 g/mol. The number of aliphatic hydroxyl groups is 9. The van der Waals surface area contributed by atoms with Crippen molar-refractivity contribution in [2.24, 2.45) is 0 Å². The van der Waals surface area contributed by atoms with Crippen molar-refractivity contribution in [3.05, 3.63) is 0 Å². The molecule has 0 saturated carbocycles. The van der Waals surface area contributed by atoms with Crippen molar-refractivity contribution in [2.45, 2.75) is 54.9 Å². The molecule has 0 fully saturated rings. The highest BCUT2D eigenvalue weighted by Gasteiger charge is 2.45. The van der Waals surface area contributed by atoms with Crippen LogP contribution in [0.5, 0.6) is 0 Å². The van der Waals surface area contributed by atoms with E-state index in [1.165, 1.54) is 0 Å². The summed E-state index contributed by atoms with van der Waals surface area (Å²) in [6, 6.07) is 0. The van der Waals surface area contributed by atoms with E-state index in [9.17, 15) is 69.2 Å². The number of phosphoric ester groups is 2. The summed E-state index contributed by atoms with van der Waals surface area (Å²) in [5, 5.41) is 87.3. The van der Waals surface area contributed by atoms with Crippen LogP contribution in [0.25, 0.3) is 0 Å². The molecule has 0 aromatic heterocycles. The first-order valence-electron chi connectivity index (χ1n) is 9.11. The van der Waals surface area contributed by atoms with Crippen LogP contribution in [-0.2, 0) is 36.6 Å². The number of carbonyl (C=O) groups excluding carboxylic acids is 2. The molecule has 0 rings (SSSR count). The highest BCUT2D eigenvalue weighted by molar-refractivity contribution is 7.61. The molecule has 0 aliphatic heterocycles. The predicted octanol–water partition coefficient (Wildman–Crippen LogP) is -7.33. The lowest BCUT2D eigenvalue weighted by molar-refractivity contribution is -0.175. The van der Waals surface area contributed by atoms with E-state index >= 15 is 0 Å². The molecule has 0 aliphatic rings. The molecule has 0 amide bonds. The number of aliphatic hydroxyl groups excluding tert-OH is 9. The highest BCUT2D eigenvalue weighted by atomic mass is 31.3. The highest BCUT2D eigenvalue weighted by Crippen LogP contribution is 2.57. The Morgan fingerprint density at radius 2 is 1.00 bits per heavy atom. The summed E-state index contributed by atoms with van der Waals surface area (Å²) < 4.78 is 43.0. The van der Waals surface area contributed by atoms with Gasteiger partial charge >= 0.3 is 29.4 Å². The van der Waals surface area contributed by atoms with Gasteiger partial charge in [0, 0.05) is 0 Å². The molecule has 0 aliphatic carbocycles. The van der Waals surface area contributed by atoms with Crippen LogP contribution in [0.3, 0.4) is 0 Å². The fourth-order valence-corrected chi connectivity index (χ4v) is 4.12. The molecule has 0 saturated heterocycles. The normalized spacial score (nSPS) is 21.9. The number of carbonyl (C=O) groups is 2. The van der Waals surface area contributed by atoms with E-state index in [0.717, 1.165) is 0 Å². The molecule has 10 atom stereocenters. The molecular weight excluding hydrogens is 589 g/mol. The van der Waals surface area contributed by atoms with Crippen LogP contribution in [0, 0.1) is 0 Å². The van der Waals surface area contributed by atoms with E-state index in [1.54, 1.807) is 0 Å². The Labute approximate surface area is 204 Å². The molecular formula is C12H25O22P3. The SMILES string of the molecule is O=C(C(O)[C@@H](O)[C@@H](O)[C@H](O)[C@@H](O)C(=O)OP(=O)(O)OP(=O)(O)O)[C@H](O)[C@@H](O)[C@H](O)[C@H](O)COP(=O)(O)O. The van der Waals surface area contributed by atoms with Gasteiger partial charge < -0.3 is 70.1 Å². The molecule has 0 heterocycles. The van der Waals surface area contributed by atoms with Crippen LogP contribution in [-0.4, -0.2) is 144 Å². The molecule has 25 heteroatoms. The zero-order valence-corrected chi connectivity index (χ0v) is 20.5. The number of phosphoric acid groups is 3. The molecule has 0 spiro atoms. The Balaban J connectivity index is 5.27. The van der Waals surface area contributed by atoms with Gasteiger partial charge in [0.25, 0.3) is 0 Å². The summed E-state index contributed by atoms with van der Waals surface area (Å²) in [6.07, 6.45) is -25.4. The van der Waals surface area contributed by atoms with Gasteiger partial charge in [-0.25, -0.2) is 18.5 Å². The van der Waals surface area contributed by atoms with Crippen molar-refractivity contribution in [3.63, 3.8) is 0 Å². The first kappa shape index (κ1) is 36.2. The first-order valence-corrected chi connectivity index (χ1v) is 13.7. The minimum atomic E-state index is -5.90. The number of Topliss-reactive ketones (excluding diaryl/α,β-unsaturated/α-hetero) is 1. The van der Waals surface area contributed by atoms with Gasteiger partial charge in [-0.1, -0.05) is 0 Å². The molecule has 220 valence electrons. The maximum absolute atomic E-state index is 12.0. The fraction of sp³-hybridized carbons (Fsp3) is 0.833. The molecule has 0 aromatic carbocycles. The van der Waals surface area contributed by atoms with Crippen LogP contribution < -0.4 is 0 Å². The van der Waals surface area contributed by atoms with E-state index in [0.29, 0.717) is 0 Å². The van der Waals surface area contributed by atoms with Crippen molar-refractivity contribution in [1.82, 2.24) is 0 Å². The zero-order valence-electron chi connectivity index (χ0n) is 17.8. The van der Waals surface area contributed by atoms with Gasteiger partial charge in [0.15, 0.2) is 11.9 Å². The summed E-state index contributed by atoms with van der Waals surface area (Å²) >= 11 is 0. The van der Waals surface area contributed by atoms with E-state index in [4.69, 9.17) is 24.5 Å². The van der Waals surface area contributed by atoms with Crippen molar-refractivity contribution in [1.29, 1.82) is 0 Å². The third-order valence-electron chi connectivity index (χ3n) is 4.07. The molecule has 0 aromatic rings. The van der Waals surface area contributed by atoms with Crippen LogP contribution in [0.2, 0.25) is 0 Å². The van der Waals surface area contributed by atoms with Crippen molar-refractivity contribution >= 4 is 35.2 Å². The van der Waals surface area contributed by atoms with Gasteiger partial charge in [-0.05, 0) is 0 Å². The predicted molar refractivity (Wildman–Crippen MR) is 106 cm³/mol. The lowest BCUT2D eigenvalue weighted by atomic mass is 9.92. The summed E-state index contributed by atoms with van der Waals surface area (Å²) in [6.45, 7) is -1.33. The zero-order chi connectivity index (χ0) is 29.7. The van der Waals surface area contributed by atoms with Crippen LogP contribution in [0.1, 0.15) is 0 Å². The minimum absolute atomic E-state index is 1.33. The van der Waals surface area contributed by atoms with E-state index in [2.05, 4.69) is 13.4 Å².